The first kappa shape index (κ1) is 29.6. The van der Waals surface area contributed by atoms with Crippen molar-refractivity contribution < 1.29 is 32.6 Å². The van der Waals surface area contributed by atoms with Crippen LogP contribution in [0, 0.1) is 0 Å². The number of nitrogen functional groups attached to an aromatic ring is 1. The summed E-state index contributed by atoms with van der Waals surface area (Å²) in [6, 6.07) is 11.4. The molecule has 3 N–H and O–H groups in total. The molecule has 6 rings (SSSR count). The van der Waals surface area contributed by atoms with Crippen LogP contribution >= 0.6 is 0 Å². The molecule has 1 fully saturated rings. The van der Waals surface area contributed by atoms with Crippen LogP contribution in [-0.4, -0.2) is 79.1 Å². The van der Waals surface area contributed by atoms with Gasteiger partial charge in [-0.25, -0.2) is 19.4 Å². The number of hydrogen-bond donors (Lipinski definition) is 2. The van der Waals surface area contributed by atoms with E-state index in [4.69, 9.17) is 35.4 Å². The van der Waals surface area contributed by atoms with Gasteiger partial charge < -0.3 is 20.5 Å². The van der Waals surface area contributed by atoms with E-state index < -0.39 is 12.1 Å². The lowest BCUT2D eigenvalue weighted by Gasteiger charge is -2.32. The number of fused-ring (bicyclic) bond motifs is 1. The molecule has 1 amide bonds. The summed E-state index contributed by atoms with van der Waals surface area (Å²) >= 11 is 0. The summed E-state index contributed by atoms with van der Waals surface area (Å²) in [5, 5.41) is 12.8. The van der Waals surface area contributed by atoms with Gasteiger partial charge in [-0.1, -0.05) is 6.08 Å². The number of benzene rings is 1. The van der Waals surface area contributed by atoms with E-state index in [9.17, 15) is 18.0 Å². The van der Waals surface area contributed by atoms with Crippen LogP contribution in [0.2, 0.25) is 0 Å². The number of nitrogens with two attached hydrogens (primary N) is 1. The number of rotatable bonds is 4. The van der Waals surface area contributed by atoms with E-state index in [0.29, 0.717) is 43.4 Å². The number of carboxylic acid groups (broad SMARTS) is 1. The van der Waals surface area contributed by atoms with Gasteiger partial charge in [0, 0.05) is 36.7 Å². The third kappa shape index (κ3) is 6.80. The number of pyridine rings is 1. The van der Waals surface area contributed by atoms with Gasteiger partial charge in [0.15, 0.2) is 11.5 Å². The fourth-order valence-corrected chi connectivity index (χ4v) is 4.93. The lowest BCUT2D eigenvalue weighted by atomic mass is 10.0. The third-order valence-corrected chi connectivity index (χ3v) is 7.14. The van der Waals surface area contributed by atoms with Crippen molar-refractivity contribution in [1.82, 2.24) is 29.6 Å². The zero-order valence-corrected chi connectivity index (χ0v) is 22.9. The smallest absolute Gasteiger partial charge is 0.475 e. The molecule has 224 valence electrons. The van der Waals surface area contributed by atoms with Crippen molar-refractivity contribution in [2.24, 2.45) is 0 Å². The van der Waals surface area contributed by atoms with Crippen molar-refractivity contribution in [3.05, 3.63) is 72.3 Å². The van der Waals surface area contributed by atoms with Crippen molar-refractivity contribution in [2.75, 3.05) is 32.0 Å². The van der Waals surface area contributed by atoms with Crippen LogP contribution in [0.15, 0.2) is 61.1 Å². The molecule has 43 heavy (non-hydrogen) atoms. The first-order chi connectivity index (χ1) is 20.6. The molecule has 11 nitrogen and oxygen atoms in total. The second-order valence-electron chi connectivity index (χ2n) is 9.97. The number of carbonyl (C=O) groups excluding carboxylic acids is 1. The zero-order valence-electron chi connectivity index (χ0n) is 22.9. The Balaban J connectivity index is 0.000000472. The Kier molecular flexibility index (Phi) is 8.66. The number of hydrogen-bond acceptors (Lipinski definition) is 8. The predicted octanol–water partition coefficient (Wildman–Crippen LogP) is 4.38. The normalized spacial score (nSPS) is 15.9. The van der Waals surface area contributed by atoms with E-state index in [1.165, 1.54) is 0 Å². The first-order valence-corrected chi connectivity index (χ1v) is 13.5. The van der Waals surface area contributed by atoms with Gasteiger partial charge >= 0.3 is 12.1 Å². The van der Waals surface area contributed by atoms with Crippen LogP contribution in [0.25, 0.3) is 28.0 Å². The van der Waals surface area contributed by atoms with Gasteiger partial charge in [0.2, 0.25) is 0 Å². The molecule has 0 atom stereocenters. The molecule has 0 unspecified atom stereocenters. The summed E-state index contributed by atoms with van der Waals surface area (Å²) in [6.45, 7) is 2.57. The molecule has 2 aliphatic heterocycles. The highest BCUT2D eigenvalue weighted by Gasteiger charge is 2.38. The number of nitrogens with zero attached hydrogens (tertiary/aromatic N) is 6. The molecule has 5 heterocycles. The van der Waals surface area contributed by atoms with Crippen molar-refractivity contribution in [2.45, 2.75) is 31.5 Å². The Morgan fingerprint density at radius 2 is 1.77 bits per heavy atom. The predicted molar refractivity (Wildman–Crippen MR) is 151 cm³/mol. The fourth-order valence-electron chi connectivity index (χ4n) is 4.93. The van der Waals surface area contributed by atoms with Crippen LogP contribution < -0.4 is 5.73 Å². The van der Waals surface area contributed by atoms with E-state index >= 15 is 0 Å². The number of carbonyl (C=O) groups is 2. The van der Waals surface area contributed by atoms with Crippen LogP contribution in [-0.2, 0) is 9.53 Å². The number of halogens is 3. The fraction of sp³-hybridized carbons (Fsp3) is 0.310. The molecule has 4 aromatic rings. The summed E-state index contributed by atoms with van der Waals surface area (Å²) in [5.41, 5.74) is 11.0. The van der Waals surface area contributed by atoms with Crippen molar-refractivity contribution in [3.63, 3.8) is 0 Å². The highest BCUT2D eigenvalue weighted by Crippen LogP contribution is 2.32. The van der Waals surface area contributed by atoms with E-state index in [2.05, 4.69) is 11.1 Å². The average molecular weight is 596 g/mol. The molecule has 0 aliphatic carbocycles. The molecular formula is C29H28F3N7O4. The lowest BCUT2D eigenvalue weighted by molar-refractivity contribution is -0.192. The summed E-state index contributed by atoms with van der Waals surface area (Å²) in [5.74, 6) is -2.09. The average Bonchev–Trinajstić information content (AvgIpc) is 3.45. The lowest BCUT2D eigenvalue weighted by Crippen LogP contribution is -2.39. The van der Waals surface area contributed by atoms with E-state index in [-0.39, 0.29) is 11.9 Å². The highest BCUT2D eigenvalue weighted by molar-refractivity contribution is 5.94. The molecular weight excluding hydrogens is 567 g/mol. The molecule has 2 aliphatic rings. The Morgan fingerprint density at radius 1 is 1.05 bits per heavy atom. The van der Waals surface area contributed by atoms with E-state index in [0.717, 1.165) is 47.1 Å². The number of carboxylic acids is 1. The number of aromatic nitrogens is 5. The molecule has 1 saturated heterocycles. The number of amides is 1. The van der Waals surface area contributed by atoms with Crippen molar-refractivity contribution in [3.8, 4) is 11.4 Å². The monoisotopic (exact) mass is 595 g/mol. The quantitative estimate of drug-likeness (QED) is 0.328. The Hall–Kier alpha value is -4.85. The van der Waals surface area contributed by atoms with Gasteiger partial charge in [-0.3, -0.25) is 9.78 Å². The molecule has 14 heteroatoms. The third-order valence-electron chi connectivity index (χ3n) is 7.14. The molecule has 0 saturated carbocycles. The van der Waals surface area contributed by atoms with Gasteiger partial charge in [0.05, 0.1) is 42.1 Å². The number of piperidine rings is 1. The summed E-state index contributed by atoms with van der Waals surface area (Å²) in [4.78, 5) is 37.7. The summed E-state index contributed by atoms with van der Waals surface area (Å²) < 4.78 is 39.3. The minimum absolute atomic E-state index is 0.0218. The second kappa shape index (κ2) is 12.6. The van der Waals surface area contributed by atoms with Gasteiger partial charge in [-0.15, -0.1) is 0 Å². The Labute approximate surface area is 243 Å². The van der Waals surface area contributed by atoms with Gasteiger partial charge in [-0.05, 0) is 61.2 Å². The molecule has 0 radical (unpaired) electrons. The molecule has 0 bridgehead atoms. The molecule has 0 spiro atoms. The van der Waals surface area contributed by atoms with Crippen molar-refractivity contribution in [1.29, 1.82) is 0 Å². The van der Waals surface area contributed by atoms with Crippen LogP contribution in [0.1, 0.15) is 41.4 Å². The topological polar surface area (TPSA) is 149 Å². The molecule has 1 aromatic carbocycles. The standard InChI is InChI=1S/C27H27N7O2.C2HF3O2/c28-21-5-3-19(4-6-21)25-31-24(18-9-14-36-15-10-18)23-17-30-34(26(23)32-25)22-7-12-33(13-8-22)27(35)20-2-1-11-29-16-20;3-2(4,5)1(6)7/h1-6,9,11,16-17,22H,7-8,10,12-15,28H2;(H,6,7). The number of ether oxygens (including phenoxy) is 1. The number of alkyl halides is 3. The number of likely N-dealkylation sites (tertiary alicyclic amines) is 1. The number of anilines is 1. The zero-order chi connectivity index (χ0) is 30.6. The minimum Gasteiger partial charge on any atom is -0.475 e. The molecule has 3 aromatic heterocycles. The maximum Gasteiger partial charge on any atom is 0.490 e. The van der Waals surface area contributed by atoms with Gasteiger partial charge in [0.1, 0.15) is 0 Å². The summed E-state index contributed by atoms with van der Waals surface area (Å²) in [6.07, 6.45) is 4.59. The Morgan fingerprint density at radius 3 is 2.37 bits per heavy atom. The maximum absolute atomic E-state index is 12.9. The Bertz CT molecular complexity index is 1630. The largest absolute Gasteiger partial charge is 0.490 e. The van der Waals surface area contributed by atoms with Crippen molar-refractivity contribution >= 4 is 34.2 Å². The first-order valence-electron chi connectivity index (χ1n) is 13.5. The van der Waals surface area contributed by atoms with Gasteiger partial charge in [0.25, 0.3) is 5.91 Å². The number of aliphatic carboxylic acids is 1. The van der Waals surface area contributed by atoms with Gasteiger partial charge in [-0.2, -0.15) is 18.3 Å². The SMILES string of the molecule is Nc1ccc(-c2nc(C3=CCOCC3)c3cnn(C4CCN(C(=O)c5cccnc5)CC4)c3n2)cc1.O=C(O)C(F)(F)F. The highest BCUT2D eigenvalue weighted by atomic mass is 19.4. The maximum atomic E-state index is 12.9. The van der Waals surface area contributed by atoms with E-state index in [1.807, 2.05) is 46.1 Å². The van der Waals surface area contributed by atoms with Crippen LogP contribution in [0.4, 0.5) is 18.9 Å². The summed E-state index contributed by atoms with van der Waals surface area (Å²) in [7, 11) is 0. The van der Waals surface area contributed by atoms with Crippen LogP contribution in [0.3, 0.4) is 0 Å². The second-order valence-corrected chi connectivity index (χ2v) is 9.97. The van der Waals surface area contributed by atoms with Crippen LogP contribution in [0.5, 0.6) is 0 Å². The van der Waals surface area contributed by atoms with E-state index in [1.54, 1.807) is 18.5 Å². The minimum atomic E-state index is -5.08.